The molecule has 1 atom stereocenters. The summed E-state index contributed by atoms with van der Waals surface area (Å²) in [4.78, 5) is 24.1. The second kappa shape index (κ2) is 12.5. The summed E-state index contributed by atoms with van der Waals surface area (Å²) in [5.41, 5.74) is 0. The Kier molecular flexibility index (Phi) is 10.4. The van der Waals surface area contributed by atoms with Gasteiger partial charge in [-0.3, -0.25) is 4.79 Å². The second-order valence-corrected chi connectivity index (χ2v) is 8.83. The molecule has 1 aromatic rings. The van der Waals surface area contributed by atoms with E-state index in [4.69, 9.17) is 4.99 Å². The van der Waals surface area contributed by atoms with Crippen molar-refractivity contribution in [2.24, 2.45) is 16.8 Å². The number of nitrogens with zero attached hydrogens (tertiary/aromatic N) is 4. The highest BCUT2D eigenvalue weighted by Crippen LogP contribution is 2.26. The number of amides is 1. The molecule has 8 heteroatoms. The van der Waals surface area contributed by atoms with Gasteiger partial charge in [0.1, 0.15) is 12.4 Å². The van der Waals surface area contributed by atoms with Gasteiger partial charge in [-0.05, 0) is 32.1 Å². The number of likely N-dealkylation sites (tertiary alicyclic amines) is 1. The van der Waals surface area contributed by atoms with E-state index in [2.05, 4.69) is 45.9 Å². The molecule has 1 aromatic heterocycles. The zero-order valence-corrected chi connectivity index (χ0v) is 21.1. The quantitative estimate of drug-likeness (QED) is 0.322. The number of carbonyl (C=O) groups excluding carboxylic acids is 1. The number of halogens is 1. The van der Waals surface area contributed by atoms with Crippen LogP contribution >= 0.6 is 24.0 Å². The van der Waals surface area contributed by atoms with Crippen molar-refractivity contribution in [3.05, 3.63) is 18.2 Å². The van der Waals surface area contributed by atoms with Crippen LogP contribution in [0.25, 0.3) is 0 Å². The Morgan fingerprint density at radius 3 is 2.73 bits per heavy atom. The summed E-state index contributed by atoms with van der Waals surface area (Å²) in [5.74, 6) is 2.99. The Labute approximate surface area is 198 Å². The van der Waals surface area contributed by atoms with Crippen LogP contribution in [0.2, 0.25) is 0 Å². The van der Waals surface area contributed by atoms with Gasteiger partial charge in [-0.15, -0.1) is 24.0 Å². The predicted octanol–water partition coefficient (Wildman–Crippen LogP) is 3.39. The average molecular weight is 530 g/mol. The van der Waals surface area contributed by atoms with Crippen molar-refractivity contribution in [3.8, 4) is 0 Å². The van der Waals surface area contributed by atoms with Crippen molar-refractivity contribution in [2.45, 2.75) is 78.4 Å². The first-order valence-electron chi connectivity index (χ1n) is 11.4. The fraction of sp³-hybridized carbons (Fsp3) is 0.773. The summed E-state index contributed by atoms with van der Waals surface area (Å²) < 4.78 is 2.18. The molecule has 1 saturated heterocycles. The Hall–Kier alpha value is -1.32. The number of hydrogen-bond donors (Lipinski definition) is 2. The largest absolute Gasteiger partial charge is 0.357 e. The van der Waals surface area contributed by atoms with Crippen LogP contribution in [0.15, 0.2) is 17.4 Å². The minimum Gasteiger partial charge on any atom is -0.357 e. The molecule has 170 valence electrons. The molecule has 2 fully saturated rings. The van der Waals surface area contributed by atoms with Gasteiger partial charge in [-0.2, -0.15) is 0 Å². The van der Waals surface area contributed by atoms with Crippen molar-refractivity contribution >= 4 is 35.8 Å². The lowest BCUT2D eigenvalue weighted by atomic mass is 9.88. The molecule has 2 N–H and O–H groups in total. The lowest BCUT2D eigenvalue weighted by molar-refractivity contribution is -0.135. The smallest absolute Gasteiger partial charge is 0.225 e. The fourth-order valence-corrected chi connectivity index (χ4v) is 4.40. The zero-order chi connectivity index (χ0) is 20.6. The van der Waals surface area contributed by atoms with Crippen LogP contribution in [0.3, 0.4) is 0 Å². The third-order valence-electron chi connectivity index (χ3n) is 5.88. The van der Waals surface area contributed by atoms with Gasteiger partial charge >= 0.3 is 0 Å². The summed E-state index contributed by atoms with van der Waals surface area (Å²) >= 11 is 0. The van der Waals surface area contributed by atoms with E-state index in [0.717, 1.165) is 57.2 Å². The molecule has 1 saturated carbocycles. The summed E-state index contributed by atoms with van der Waals surface area (Å²) in [6, 6.07) is 0.260. The zero-order valence-electron chi connectivity index (χ0n) is 18.8. The first-order chi connectivity index (χ1) is 14.1. The Morgan fingerprint density at radius 1 is 1.27 bits per heavy atom. The van der Waals surface area contributed by atoms with Crippen LogP contribution < -0.4 is 10.6 Å². The highest BCUT2D eigenvalue weighted by atomic mass is 127. The monoisotopic (exact) mass is 530 g/mol. The van der Waals surface area contributed by atoms with Crippen LogP contribution in [-0.4, -0.2) is 52.0 Å². The number of aromatic nitrogens is 2. The second-order valence-electron chi connectivity index (χ2n) is 8.83. The number of aliphatic imine (C=N–C) groups is 1. The van der Waals surface area contributed by atoms with Crippen LogP contribution in [0.1, 0.15) is 65.1 Å². The topological polar surface area (TPSA) is 74.6 Å². The Balaban J connectivity index is 0.00000320. The third-order valence-corrected chi connectivity index (χ3v) is 5.88. The lowest BCUT2D eigenvalue weighted by Crippen LogP contribution is -2.45. The van der Waals surface area contributed by atoms with Crippen LogP contribution in [0.4, 0.5) is 0 Å². The molecule has 30 heavy (non-hydrogen) atoms. The minimum atomic E-state index is 0. The van der Waals surface area contributed by atoms with Gasteiger partial charge in [0, 0.05) is 50.5 Å². The highest BCUT2D eigenvalue weighted by Gasteiger charge is 2.31. The molecule has 2 heterocycles. The van der Waals surface area contributed by atoms with Gasteiger partial charge in [-0.25, -0.2) is 9.98 Å². The molecule has 7 nitrogen and oxygen atoms in total. The molecule has 0 bridgehead atoms. The molecule has 1 amide bonds. The van der Waals surface area contributed by atoms with Gasteiger partial charge in [0.05, 0.1) is 0 Å². The summed E-state index contributed by atoms with van der Waals surface area (Å²) in [5, 5.41) is 6.87. The Morgan fingerprint density at radius 2 is 2.03 bits per heavy atom. The van der Waals surface area contributed by atoms with E-state index in [1.807, 2.05) is 12.4 Å². The molecule has 1 aliphatic carbocycles. The summed E-state index contributed by atoms with van der Waals surface area (Å²) in [6.07, 6.45) is 10.7. The normalized spacial score (nSPS) is 20.3. The predicted molar refractivity (Wildman–Crippen MR) is 132 cm³/mol. The molecule has 0 radical (unpaired) electrons. The van der Waals surface area contributed by atoms with E-state index < -0.39 is 0 Å². The molecular weight excluding hydrogens is 491 g/mol. The van der Waals surface area contributed by atoms with Crippen molar-refractivity contribution in [2.75, 3.05) is 19.6 Å². The lowest BCUT2D eigenvalue weighted by Gasteiger charge is -2.26. The van der Waals surface area contributed by atoms with E-state index in [-0.39, 0.29) is 35.9 Å². The van der Waals surface area contributed by atoms with Crippen LogP contribution in [-0.2, 0) is 17.9 Å². The van der Waals surface area contributed by atoms with E-state index >= 15 is 0 Å². The standard InChI is InChI=1S/C22H38N6O.HI/c1-4-23-22(25-14-20-24-11-13-27(20)15-17(2)3)26-19-10-12-28(16-19)21(29)18-8-6-5-7-9-18;/h11,13,17-19H,4-10,12,14-16H2,1-3H3,(H2,23,25,26);1H. The maximum absolute atomic E-state index is 12.8. The third kappa shape index (κ3) is 7.13. The molecule has 1 unspecified atom stereocenters. The van der Waals surface area contributed by atoms with Crippen LogP contribution in [0, 0.1) is 11.8 Å². The first kappa shape index (κ1) is 24.9. The van der Waals surface area contributed by atoms with Crippen molar-refractivity contribution in [1.29, 1.82) is 0 Å². The number of guanidine groups is 1. The van der Waals surface area contributed by atoms with Gasteiger partial charge in [0.15, 0.2) is 5.96 Å². The number of hydrogen-bond acceptors (Lipinski definition) is 3. The van der Waals surface area contributed by atoms with Gasteiger partial charge in [0.2, 0.25) is 5.91 Å². The van der Waals surface area contributed by atoms with Gasteiger partial charge < -0.3 is 20.1 Å². The fourth-order valence-electron chi connectivity index (χ4n) is 4.40. The minimum absolute atomic E-state index is 0. The van der Waals surface area contributed by atoms with E-state index in [9.17, 15) is 4.79 Å². The van der Waals surface area contributed by atoms with Gasteiger partial charge in [-0.1, -0.05) is 33.1 Å². The Bertz CT molecular complexity index is 683. The van der Waals surface area contributed by atoms with E-state index in [1.165, 1.54) is 19.3 Å². The molecule has 3 rings (SSSR count). The maximum Gasteiger partial charge on any atom is 0.225 e. The van der Waals surface area contributed by atoms with E-state index in [1.54, 1.807) is 0 Å². The first-order valence-corrected chi connectivity index (χ1v) is 11.4. The summed E-state index contributed by atoms with van der Waals surface area (Å²) in [7, 11) is 0. The average Bonchev–Trinajstić information content (AvgIpc) is 3.35. The van der Waals surface area contributed by atoms with Crippen molar-refractivity contribution in [1.82, 2.24) is 25.1 Å². The molecule has 1 aliphatic heterocycles. The van der Waals surface area contributed by atoms with Crippen molar-refractivity contribution in [3.63, 3.8) is 0 Å². The van der Waals surface area contributed by atoms with E-state index in [0.29, 0.717) is 18.4 Å². The number of imidazole rings is 1. The SMILES string of the molecule is CCNC(=NCc1nccn1CC(C)C)NC1CCN(C(=O)C2CCCCC2)C1.I. The highest BCUT2D eigenvalue weighted by molar-refractivity contribution is 14.0. The number of nitrogens with one attached hydrogen (secondary N) is 2. The van der Waals surface area contributed by atoms with Crippen molar-refractivity contribution < 1.29 is 4.79 Å². The molecular formula is C22H39IN6O. The number of carbonyl (C=O) groups is 1. The molecule has 0 aromatic carbocycles. The maximum atomic E-state index is 12.8. The summed E-state index contributed by atoms with van der Waals surface area (Å²) in [6.45, 7) is 10.4. The molecule has 0 spiro atoms. The van der Waals surface area contributed by atoms with Gasteiger partial charge in [0.25, 0.3) is 0 Å². The number of rotatable bonds is 7. The molecule has 2 aliphatic rings. The van der Waals surface area contributed by atoms with Crippen LogP contribution in [0.5, 0.6) is 0 Å².